The van der Waals surface area contributed by atoms with Crippen LogP contribution in [-0.4, -0.2) is 26.9 Å². The van der Waals surface area contributed by atoms with E-state index in [-0.39, 0.29) is 6.61 Å². The summed E-state index contributed by atoms with van der Waals surface area (Å²) in [5.41, 5.74) is 10.6. The Morgan fingerprint density at radius 1 is 1.18 bits per heavy atom. The van der Waals surface area contributed by atoms with E-state index in [0.717, 1.165) is 33.3 Å². The summed E-state index contributed by atoms with van der Waals surface area (Å²) < 4.78 is 0. The molecule has 5 nitrogen and oxygen atoms in total. The quantitative estimate of drug-likeness (QED) is 0.689. The molecule has 3 aromatic rings. The molecule has 0 saturated heterocycles. The molecule has 0 unspecified atom stereocenters. The Bertz CT molecular complexity index is 785. The second-order valence-electron chi connectivity index (χ2n) is 6.05. The van der Waals surface area contributed by atoms with E-state index in [2.05, 4.69) is 15.2 Å². The van der Waals surface area contributed by atoms with Crippen molar-refractivity contribution in [3.63, 3.8) is 0 Å². The van der Waals surface area contributed by atoms with Gasteiger partial charge in [-0.15, -0.1) is 0 Å². The van der Waals surface area contributed by atoms with E-state index >= 15 is 0 Å². The van der Waals surface area contributed by atoms with Crippen molar-refractivity contribution in [3.05, 3.63) is 47.8 Å². The number of aliphatic hydroxyl groups is 1. The number of nitrogens with one attached hydrogen (secondary N) is 1. The van der Waals surface area contributed by atoms with Crippen LogP contribution in [-0.2, 0) is 12.0 Å². The van der Waals surface area contributed by atoms with E-state index in [1.54, 1.807) is 6.20 Å². The van der Waals surface area contributed by atoms with Crippen molar-refractivity contribution in [2.75, 3.05) is 6.61 Å². The minimum Gasteiger partial charge on any atom is -0.396 e. The zero-order valence-corrected chi connectivity index (χ0v) is 12.8. The van der Waals surface area contributed by atoms with Crippen molar-refractivity contribution in [1.82, 2.24) is 15.2 Å². The van der Waals surface area contributed by atoms with Gasteiger partial charge in [-0.25, -0.2) is 0 Å². The second kappa shape index (κ2) is 5.51. The number of nitrogens with two attached hydrogens (primary N) is 1. The van der Waals surface area contributed by atoms with E-state index < -0.39 is 5.54 Å². The van der Waals surface area contributed by atoms with Crippen LogP contribution in [0.25, 0.3) is 22.2 Å². The van der Waals surface area contributed by atoms with Gasteiger partial charge in [0, 0.05) is 29.3 Å². The summed E-state index contributed by atoms with van der Waals surface area (Å²) in [5.74, 6) is 0. The summed E-state index contributed by atoms with van der Waals surface area (Å²) in [7, 11) is 0. The van der Waals surface area contributed by atoms with Crippen molar-refractivity contribution >= 4 is 10.9 Å². The highest BCUT2D eigenvalue weighted by atomic mass is 16.2. The van der Waals surface area contributed by atoms with Gasteiger partial charge in [-0.1, -0.05) is 12.1 Å². The van der Waals surface area contributed by atoms with E-state index in [4.69, 9.17) is 5.73 Å². The molecule has 3 rings (SSSR count). The van der Waals surface area contributed by atoms with Gasteiger partial charge >= 0.3 is 0 Å². The predicted molar refractivity (Wildman–Crippen MR) is 87.3 cm³/mol. The number of H-pyrrole nitrogens is 1. The third kappa shape index (κ3) is 2.61. The van der Waals surface area contributed by atoms with Crippen molar-refractivity contribution in [1.29, 1.82) is 0 Å². The lowest BCUT2D eigenvalue weighted by atomic mass is 9.95. The lowest BCUT2D eigenvalue weighted by Crippen LogP contribution is -2.28. The molecule has 0 fully saturated rings. The fourth-order valence-corrected chi connectivity index (χ4v) is 2.63. The number of hydrogen-bond donors (Lipinski definition) is 3. The van der Waals surface area contributed by atoms with Gasteiger partial charge < -0.3 is 10.8 Å². The van der Waals surface area contributed by atoms with Crippen LogP contribution in [0.1, 0.15) is 25.0 Å². The third-order valence-corrected chi connectivity index (χ3v) is 3.88. The van der Waals surface area contributed by atoms with Gasteiger partial charge in [-0.2, -0.15) is 5.10 Å². The molecule has 4 N–H and O–H groups in total. The lowest BCUT2D eigenvalue weighted by Gasteiger charge is -2.19. The Balaban J connectivity index is 2.11. The van der Waals surface area contributed by atoms with E-state index in [9.17, 15) is 5.11 Å². The van der Waals surface area contributed by atoms with Crippen LogP contribution >= 0.6 is 0 Å². The predicted octanol–water partition coefficient (Wildman–Crippen LogP) is 2.35. The number of aromatic nitrogens is 3. The average molecular weight is 296 g/mol. The molecule has 22 heavy (non-hydrogen) atoms. The molecule has 5 heteroatoms. The smallest absolute Gasteiger partial charge is 0.0705 e. The number of aliphatic hydroxyl groups excluding tert-OH is 1. The van der Waals surface area contributed by atoms with Gasteiger partial charge in [0.2, 0.25) is 0 Å². The Kier molecular flexibility index (Phi) is 3.68. The van der Waals surface area contributed by atoms with Gasteiger partial charge in [0.05, 0.1) is 17.4 Å². The molecule has 0 atom stereocenters. The SMILES string of the molecule is CC(C)(N)c1ccc(-c2ccc3[nH]ncc3c2CCO)nc1. The summed E-state index contributed by atoms with van der Waals surface area (Å²) in [6, 6.07) is 7.98. The number of pyridine rings is 1. The van der Waals surface area contributed by atoms with Crippen LogP contribution in [0, 0.1) is 0 Å². The van der Waals surface area contributed by atoms with Gasteiger partial charge in [-0.3, -0.25) is 10.1 Å². The van der Waals surface area contributed by atoms with E-state index in [1.807, 2.05) is 44.3 Å². The second-order valence-corrected chi connectivity index (χ2v) is 6.05. The molecular formula is C17H20N4O. The highest BCUT2D eigenvalue weighted by molar-refractivity contribution is 5.88. The van der Waals surface area contributed by atoms with Gasteiger partial charge in [0.25, 0.3) is 0 Å². The molecule has 2 aromatic heterocycles. The zero-order valence-electron chi connectivity index (χ0n) is 12.8. The van der Waals surface area contributed by atoms with Gasteiger partial charge in [0.15, 0.2) is 0 Å². The molecule has 0 aliphatic carbocycles. The van der Waals surface area contributed by atoms with Crippen LogP contribution in [0.5, 0.6) is 0 Å². The third-order valence-electron chi connectivity index (χ3n) is 3.88. The molecule has 0 radical (unpaired) electrons. The summed E-state index contributed by atoms with van der Waals surface area (Å²) in [5, 5.41) is 17.4. The van der Waals surface area contributed by atoms with Crippen molar-refractivity contribution in [3.8, 4) is 11.3 Å². The maximum absolute atomic E-state index is 9.37. The Morgan fingerprint density at radius 3 is 2.64 bits per heavy atom. The van der Waals surface area contributed by atoms with Crippen LogP contribution in [0.4, 0.5) is 0 Å². The maximum Gasteiger partial charge on any atom is 0.0705 e. The molecule has 0 saturated carbocycles. The van der Waals surface area contributed by atoms with E-state index in [1.165, 1.54) is 0 Å². The molecule has 1 aromatic carbocycles. The summed E-state index contributed by atoms with van der Waals surface area (Å²) in [4.78, 5) is 4.56. The number of rotatable bonds is 4. The molecule has 0 bridgehead atoms. The average Bonchev–Trinajstić information content (AvgIpc) is 2.96. The minimum atomic E-state index is -0.409. The maximum atomic E-state index is 9.37. The molecule has 0 aliphatic heterocycles. The van der Waals surface area contributed by atoms with Crippen molar-refractivity contribution in [2.24, 2.45) is 5.73 Å². The zero-order chi connectivity index (χ0) is 15.7. The molecule has 0 amide bonds. The molecular weight excluding hydrogens is 276 g/mol. The molecule has 2 heterocycles. The van der Waals surface area contributed by atoms with Gasteiger partial charge in [-0.05, 0) is 43.5 Å². The molecule has 0 spiro atoms. The fourth-order valence-electron chi connectivity index (χ4n) is 2.63. The van der Waals surface area contributed by atoms with Crippen LogP contribution in [0.2, 0.25) is 0 Å². The number of fused-ring (bicyclic) bond motifs is 1. The van der Waals surface area contributed by atoms with Crippen molar-refractivity contribution < 1.29 is 5.11 Å². The Labute approximate surface area is 129 Å². The summed E-state index contributed by atoms with van der Waals surface area (Å²) in [6.07, 6.45) is 4.18. The first-order valence-electron chi connectivity index (χ1n) is 7.32. The Hall–Kier alpha value is -2.24. The fraction of sp³-hybridized carbons (Fsp3) is 0.294. The van der Waals surface area contributed by atoms with Crippen LogP contribution < -0.4 is 5.73 Å². The first kappa shape index (κ1) is 14.7. The monoisotopic (exact) mass is 296 g/mol. The number of benzene rings is 1. The first-order chi connectivity index (χ1) is 10.5. The normalized spacial score (nSPS) is 12.0. The van der Waals surface area contributed by atoms with E-state index in [0.29, 0.717) is 6.42 Å². The van der Waals surface area contributed by atoms with Crippen molar-refractivity contribution in [2.45, 2.75) is 25.8 Å². The van der Waals surface area contributed by atoms with Gasteiger partial charge in [0.1, 0.15) is 0 Å². The van der Waals surface area contributed by atoms with Crippen LogP contribution in [0.3, 0.4) is 0 Å². The number of nitrogens with zero attached hydrogens (tertiary/aromatic N) is 2. The lowest BCUT2D eigenvalue weighted by molar-refractivity contribution is 0.300. The minimum absolute atomic E-state index is 0.0885. The molecule has 0 aliphatic rings. The summed E-state index contributed by atoms with van der Waals surface area (Å²) in [6.45, 7) is 4.00. The Morgan fingerprint density at radius 2 is 2.00 bits per heavy atom. The highest BCUT2D eigenvalue weighted by Crippen LogP contribution is 2.29. The first-order valence-corrected chi connectivity index (χ1v) is 7.32. The summed E-state index contributed by atoms with van der Waals surface area (Å²) >= 11 is 0. The number of hydrogen-bond acceptors (Lipinski definition) is 4. The van der Waals surface area contributed by atoms with Crippen LogP contribution in [0.15, 0.2) is 36.7 Å². The largest absolute Gasteiger partial charge is 0.396 e. The standard InChI is InChI=1S/C17H20N4O/c1-17(2,18)11-3-5-15(19-9-11)13-4-6-16-14(10-20-21-16)12(13)7-8-22/h3-6,9-10,22H,7-8,18H2,1-2H3,(H,20,21). The highest BCUT2D eigenvalue weighted by Gasteiger charge is 2.16. The number of aromatic amines is 1. The molecule has 114 valence electrons. The topological polar surface area (TPSA) is 87.8 Å².